The van der Waals surface area contributed by atoms with Crippen molar-refractivity contribution in [2.45, 2.75) is 64.5 Å². The van der Waals surface area contributed by atoms with E-state index >= 15 is 0 Å². The Bertz CT molecular complexity index is 723. The lowest BCUT2D eigenvalue weighted by atomic mass is 9.46. The van der Waals surface area contributed by atoms with Crippen molar-refractivity contribution in [2.75, 3.05) is 6.61 Å². The Kier molecular flexibility index (Phi) is 3.60. The highest BCUT2D eigenvalue weighted by molar-refractivity contribution is 5.91. The molecule has 6 atom stereocenters. The van der Waals surface area contributed by atoms with Crippen LogP contribution in [0.1, 0.15) is 58.3 Å². The minimum Gasteiger partial charge on any atom is -0.395 e. The van der Waals surface area contributed by atoms with Crippen molar-refractivity contribution < 1.29 is 14.7 Å². The molecule has 0 unspecified atom stereocenters. The van der Waals surface area contributed by atoms with E-state index in [1.165, 1.54) is 5.57 Å². The maximum absolute atomic E-state index is 12.7. The van der Waals surface area contributed by atoms with Gasteiger partial charge in [0.05, 0.1) is 6.61 Å². The van der Waals surface area contributed by atoms with E-state index in [1.807, 2.05) is 6.08 Å². The van der Waals surface area contributed by atoms with E-state index in [1.54, 1.807) is 0 Å². The van der Waals surface area contributed by atoms with Crippen LogP contribution < -0.4 is 0 Å². The highest BCUT2D eigenvalue weighted by atomic mass is 16.3. The normalized spacial score (nSPS) is 47.0. The maximum Gasteiger partial charge on any atom is 0.238 e. The molecule has 0 aromatic carbocycles. The summed E-state index contributed by atoms with van der Waals surface area (Å²) in [5.41, 5.74) is 1.10. The molecule has 0 saturated heterocycles. The second-order valence-electron chi connectivity index (χ2n) is 9.55. The molecule has 0 aromatic heterocycles. The molecule has 0 spiro atoms. The lowest BCUT2D eigenvalue weighted by Crippen LogP contribution is -2.53. The Morgan fingerprint density at radius 1 is 1.15 bits per heavy atom. The van der Waals surface area contributed by atoms with Crippen LogP contribution in [0.5, 0.6) is 0 Å². The molecule has 4 aliphatic carbocycles. The van der Waals surface area contributed by atoms with Gasteiger partial charge in [-0.2, -0.15) is 10.2 Å². The van der Waals surface area contributed by atoms with Gasteiger partial charge in [0.2, 0.25) is 6.17 Å². The van der Waals surface area contributed by atoms with E-state index in [2.05, 4.69) is 17.2 Å². The first-order valence-electron chi connectivity index (χ1n) is 10.3. The molecule has 0 radical (unpaired) electrons. The average Bonchev–Trinajstić information content (AvgIpc) is 3.42. The SMILES string of the molecule is C[C@]12CC[C@@H]3[C@H](CCC4=CC(=O)CC[C@@]43CO)[C@H]1CC[C@H]2C(=O)C1N=N1. The van der Waals surface area contributed by atoms with Crippen LogP contribution in [0.25, 0.3) is 0 Å². The quantitative estimate of drug-likeness (QED) is 0.841. The number of hydrogen-bond acceptors (Lipinski definition) is 5. The Hall–Kier alpha value is -1.36. The summed E-state index contributed by atoms with van der Waals surface area (Å²) in [5.74, 6) is 2.15. The summed E-state index contributed by atoms with van der Waals surface area (Å²) < 4.78 is 0. The zero-order chi connectivity index (χ0) is 18.1. The smallest absolute Gasteiger partial charge is 0.238 e. The van der Waals surface area contributed by atoms with Gasteiger partial charge < -0.3 is 5.11 Å². The van der Waals surface area contributed by atoms with Crippen molar-refractivity contribution in [1.29, 1.82) is 0 Å². The number of Topliss-reactive ketones (excluding diaryl/α,β-unsaturated/α-hetero) is 1. The molecule has 1 aliphatic heterocycles. The summed E-state index contributed by atoms with van der Waals surface area (Å²) in [6.45, 7) is 2.49. The third-order valence-electron chi connectivity index (χ3n) is 8.80. The van der Waals surface area contributed by atoms with Crippen LogP contribution in [-0.2, 0) is 9.59 Å². The number of rotatable bonds is 3. The van der Waals surface area contributed by atoms with Crippen molar-refractivity contribution >= 4 is 11.6 Å². The largest absolute Gasteiger partial charge is 0.395 e. The standard InChI is InChI=1S/C21H28N2O3/c1-20-8-7-16-14(15(20)4-5-17(20)18(26)19-22-23-19)3-2-12-10-13(25)6-9-21(12,16)11-24/h10,14-17,19,24H,2-9,11H2,1H3/t14-,15-,16-,17+,20+,21-/m1/s1. The Balaban J connectivity index is 1.46. The number of aliphatic hydroxyl groups is 1. The van der Waals surface area contributed by atoms with Crippen LogP contribution >= 0.6 is 0 Å². The minimum atomic E-state index is -0.373. The van der Waals surface area contributed by atoms with Gasteiger partial charge in [-0.3, -0.25) is 9.59 Å². The van der Waals surface area contributed by atoms with Crippen molar-refractivity contribution in [3.05, 3.63) is 11.6 Å². The van der Waals surface area contributed by atoms with Crippen molar-refractivity contribution in [3.63, 3.8) is 0 Å². The molecule has 5 rings (SSSR count). The fourth-order valence-electron chi connectivity index (χ4n) is 7.45. The number of fused-ring (bicyclic) bond motifs is 5. The molecule has 1 N–H and O–H groups in total. The second-order valence-corrected chi connectivity index (χ2v) is 9.55. The van der Waals surface area contributed by atoms with Gasteiger partial charge in [0.15, 0.2) is 11.6 Å². The number of aliphatic hydroxyl groups excluding tert-OH is 1. The lowest BCUT2D eigenvalue weighted by Gasteiger charge is -2.58. The number of carbonyl (C=O) groups is 2. The molecule has 1 heterocycles. The first kappa shape index (κ1) is 16.8. The third-order valence-corrected chi connectivity index (χ3v) is 8.80. The van der Waals surface area contributed by atoms with Gasteiger partial charge in [-0.05, 0) is 74.2 Å². The molecule has 0 aromatic rings. The molecule has 140 valence electrons. The van der Waals surface area contributed by atoms with Crippen LogP contribution in [0.15, 0.2) is 21.9 Å². The number of hydrogen-bond donors (Lipinski definition) is 1. The highest BCUT2D eigenvalue weighted by Crippen LogP contribution is 2.66. The average molecular weight is 356 g/mol. The van der Waals surface area contributed by atoms with Gasteiger partial charge in [-0.1, -0.05) is 12.5 Å². The maximum atomic E-state index is 12.7. The molecule has 5 aliphatic rings. The van der Waals surface area contributed by atoms with Crippen LogP contribution in [0.4, 0.5) is 0 Å². The van der Waals surface area contributed by atoms with Gasteiger partial charge in [0.25, 0.3) is 0 Å². The van der Waals surface area contributed by atoms with Gasteiger partial charge >= 0.3 is 0 Å². The molecule has 3 saturated carbocycles. The van der Waals surface area contributed by atoms with E-state index in [0.717, 1.165) is 44.9 Å². The summed E-state index contributed by atoms with van der Waals surface area (Å²) >= 11 is 0. The topological polar surface area (TPSA) is 79.1 Å². The third kappa shape index (κ3) is 2.12. The van der Waals surface area contributed by atoms with Crippen molar-refractivity contribution in [2.24, 2.45) is 44.7 Å². The summed E-state index contributed by atoms with van der Waals surface area (Å²) in [6.07, 6.45) is 9.08. The summed E-state index contributed by atoms with van der Waals surface area (Å²) in [4.78, 5) is 24.7. The highest BCUT2D eigenvalue weighted by Gasteiger charge is 2.61. The molecule has 0 bridgehead atoms. The molecule has 5 heteroatoms. The van der Waals surface area contributed by atoms with Crippen LogP contribution in [-0.4, -0.2) is 29.4 Å². The molecular formula is C21H28N2O3. The monoisotopic (exact) mass is 356 g/mol. The minimum absolute atomic E-state index is 0.0637. The van der Waals surface area contributed by atoms with E-state index in [-0.39, 0.29) is 41.1 Å². The van der Waals surface area contributed by atoms with Crippen LogP contribution in [0.3, 0.4) is 0 Å². The van der Waals surface area contributed by atoms with Gasteiger partial charge in [0, 0.05) is 17.8 Å². The van der Waals surface area contributed by atoms with Crippen molar-refractivity contribution in [1.82, 2.24) is 0 Å². The summed E-state index contributed by atoms with van der Waals surface area (Å²) in [7, 11) is 0. The lowest BCUT2D eigenvalue weighted by molar-refractivity contribution is -0.131. The number of ketones is 2. The molecule has 0 amide bonds. The fourth-order valence-corrected chi connectivity index (χ4v) is 7.45. The Morgan fingerprint density at radius 2 is 1.96 bits per heavy atom. The first-order valence-corrected chi connectivity index (χ1v) is 10.3. The van der Waals surface area contributed by atoms with Crippen molar-refractivity contribution in [3.8, 4) is 0 Å². The molecule has 3 fully saturated rings. The van der Waals surface area contributed by atoms with E-state index in [9.17, 15) is 14.7 Å². The van der Waals surface area contributed by atoms with E-state index in [4.69, 9.17) is 0 Å². The van der Waals surface area contributed by atoms with Gasteiger partial charge in [-0.15, -0.1) is 0 Å². The zero-order valence-electron chi connectivity index (χ0n) is 15.5. The predicted octanol–water partition coefficient (Wildman–Crippen LogP) is 3.47. The predicted molar refractivity (Wildman–Crippen MR) is 95.3 cm³/mol. The number of carbonyl (C=O) groups excluding carboxylic acids is 2. The van der Waals surface area contributed by atoms with Gasteiger partial charge in [-0.25, -0.2) is 0 Å². The summed E-state index contributed by atoms with van der Waals surface area (Å²) in [6, 6.07) is 0. The van der Waals surface area contributed by atoms with Gasteiger partial charge in [0.1, 0.15) is 0 Å². The molecule has 26 heavy (non-hydrogen) atoms. The van der Waals surface area contributed by atoms with E-state index < -0.39 is 0 Å². The molecule has 5 nitrogen and oxygen atoms in total. The number of nitrogens with zero attached hydrogens (tertiary/aromatic N) is 2. The summed E-state index contributed by atoms with van der Waals surface area (Å²) in [5, 5.41) is 18.2. The molecular weight excluding hydrogens is 328 g/mol. The zero-order valence-corrected chi connectivity index (χ0v) is 15.5. The Labute approximate surface area is 154 Å². The van der Waals surface area contributed by atoms with Crippen LogP contribution in [0.2, 0.25) is 0 Å². The second kappa shape index (κ2) is 5.57. The van der Waals surface area contributed by atoms with E-state index in [0.29, 0.717) is 24.2 Å². The first-order chi connectivity index (χ1) is 12.5. The Morgan fingerprint density at radius 3 is 2.69 bits per heavy atom. The fraction of sp³-hybridized carbons (Fsp3) is 0.810. The van der Waals surface area contributed by atoms with Crippen LogP contribution in [0, 0.1) is 34.5 Å².